The second kappa shape index (κ2) is 5.77. The van der Waals surface area contributed by atoms with Crippen LogP contribution in [0.5, 0.6) is 5.75 Å². The molecule has 0 aliphatic rings. The van der Waals surface area contributed by atoms with Gasteiger partial charge in [0.2, 0.25) is 0 Å². The Morgan fingerprint density at radius 2 is 2.06 bits per heavy atom. The van der Waals surface area contributed by atoms with Gasteiger partial charge >= 0.3 is 0 Å². The molecule has 1 rings (SSSR count). The van der Waals surface area contributed by atoms with E-state index in [0.29, 0.717) is 19.1 Å². The van der Waals surface area contributed by atoms with E-state index in [2.05, 4.69) is 0 Å². The standard InChI is InChI=1S/C13H17FO3/c1-3-13(16,4-2)9-17-12-10(8-15)6-5-7-11(12)14/h5-8,16H,3-4,9H2,1-2H3. The molecule has 0 radical (unpaired) electrons. The van der Waals surface area contributed by atoms with Gasteiger partial charge in [-0.05, 0) is 25.0 Å². The SMILES string of the molecule is CCC(O)(CC)COc1c(F)cccc1C=O. The number of carbonyl (C=O) groups is 1. The van der Waals surface area contributed by atoms with Crippen LogP contribution in [0, 0.1) is 5.82 Å². The summed E-state index contributed by atoms with van der Waals surface area (Å²) in [5.41, 5.74) is -0.831. The van der Waals surface area contributed by atoms with Crippen molar-refractivity contribution >= 4 is 6.29 Å². The highest BCUT2D eigenvalue weighted by Gasteiger charge is 2.24. The molecule has 0 saturated carbocycles. The first-order chi connectivity index (χ1) is 8.06. The Bertz CT molecular complexity index is 386. The fraction of sp³-hybridized carbons (Fsp3) is 0.462. The van der Waals surface area contributed by atoms with Gasteiger partial charge in [-0.1, -0.05) is 19.9 Å². The number of para-hydroxylation sites is 1. The Hall–Kier alpha value is -1.42. The average molecular weight is 240 g/mol. The van der Waals surface area contributed by atoms with E-state index < -0.39 is 11.4 Å². The van der Waals surface area contributed by atoms with E-state index in [-0.39, 0.29) is 17.9 Å². The molecule has 0 heterocycles. The minimum absolute atomic E-state index is 0.0260. The number of hydrogen-bond donors (Lipinski definition) is 1. The normalized spacial score (nSPS) is 11.3. The van der Waals surface area contributed by atoms with Gasteiger partial charge in [0, 0.05) is 0 Å². The third kappa shape index (κ3) is 3.27. The van der Waals surface area contributed by atoms with Crippen molar-refractivity contribution < 1.29 is 19.0 Å². The summed E-state index contributed by atoms with van der Waals surface area (Å²) < 4.78 is 18.7. The van der Waals surface area contributed by atoms with Crippen LogP contribution in [0.1, 0.15) is 37.0 Å². The van der Waals surface area contributed by atoms with Crippen LogP contribution in [0.4, 0.5) is 4.39 Å². The molecule has 0 aliphatic carbocycles. The number of halogens is 1. The number of aliphatic hydroxyl groups is 1. The molecule has 4 heteroatoms. The molecule has 94 valence electrons. The summed E-state index contributed by atoms with van der Waals surface area (Å²) in [6.45, 7) is 3.63. The molecular weight excluding hydrogens is 223 g/mol. The quantitative estimate of drug-likeness (QED) is 0.777. The number of rotatable bonds is 6. The molecule has 1 N–H and O–H groups in total. The third-order valence-electron chi connectivity index (χ3n) is 2.93. The van der Waals surface area contributed by atoms with Crippen LogP contribution in [0.3, 0.4) is 0 Å². The van der Waals surface area contributed by atoms with Crippen LogP contribution in [0.25, 0.3) is 0 Å². The Morgan fingerprint density at radius 1 is 1.41 bits per heavy atom. The first kappa shape index (κ1) is 13.6. The van der Waals surface area contributed by atoms with Gasteiger partial charge in [-0.2, -0.15) is 0 Å². The molecular formula is C13H17FO3. The lowest BCUT2D eigenvalue weighted by atomic mass is 9.99. The lowest BCUT2D eigenvalue weighted by Gasteiger charge is -2.25. The molecule has 1 aromatic rings. The zero-order valence-electron chi connectivity index (χ0n) is 10.1. The highest BCUT2D eigenvalue weighted by atomic mass is 19.1. The van der Waals surface area contributed by atoms with Gasteiger partial charge in [0.15, 0.2) is 17.9 Å². The minimum Gasteiger partial charge on any atom is -0.487 e. The summed E-state index contributed by atoms with van der Waals surface area (Å²) >= 11 is 0. The highest BCUT2D eigenvalue weighted by Crippen LogP contribution is 2.24. The number of aldehydes is 1. The van der Waals surface area contributed by atoms with Gasteiger partial charge in [0.25, 0.3) is 0 Å². The summed E-state index contributed by atoms with van der Waals surface area (Å²) in [4.78, 5) is 10.7. The van der Waals surface area contributed by atoms with Crippen LogP contribution in [0.2, 0.25) is 0 Å². The van der Waals surface area contributed by atoms with E-state index in [4.69, 9.17) is 4.74 Å². The van der Waals surface area contributed by atoms with Crippen LogP contribution in [-0.2, 0) is 0 Å². The van der Waals surface area contributed by atoms with Gasteiger partial charge in [-0.15, -0.1) is 0 Å². The highest BCUT2D eigenvalue weighted by molar-refractivity contribution is 5.79. The molecule has 1 aromatic carbocycles. The summed E-state index contributed by atoms with van der Waals surface area (Å²) in [5.74, 6) is -0.688. The van der Waals surface area contributed by atoms with E-state index in [0.717, 1.165) is 0 Å². The molecule has 0 fully saturated rings. The van der Waals surface area contributed by atoms with E-state index in [9.17, 15) is 14.3 Å². The van der Waals surface area contributed by atoms with E-state index in [1.54, 1.807) is 0 Å². The van der Waals surface area contributed by atoms with Crippen molar-refractivity contribution in [2.24, 2.45) is 0 Å². The van der Waals surface area contributed by atoms with E-state index in [1.165, 1.54) is 18.2 Å². The monoisotopic (exact) mass is 240 g/mol. The maximum Gasteiger partial charge on any atom is 0.165 e. The Morgan fingerprint density at radius 3 is 2.59 bits per heavy atom. The van der Waals surface area contributed by atoms with Crippen molar-refractivity contribution in [1.82, 2.24) is 0 Å². The number of benzene rings is 1. The molecule has 0 amide bonds. The average Bonchev–Trinajstić information content (AvgIpc) is 2.36. The zero-order valence-corrected chi connectivity index (χ0v) is 10.1. The number of ether oxygens (including phenoxy) is 1. The number of carbonyl (C=O) groups excluding carboxylic acids is 1. The van der Waals surface area contributed by atoms with Gasteiger partial charge in [0.05, 0.1) is 11.2 Å². The Kier molecular flexibility index (Phi) is 4.63. The van der Waals surface area contributed by atoms with E-state index >= 15 is 0 Å². The number of hydrogen-bond acceptors (Lipinski definition) is 3. The maximum absolute atomic E-state index is 13.5. The summed E-state index contributed by atoms with van der Waals surface area (Å²) in [5, 5.41) is 10.0. The Labute approximate surface area is 100 Å². The molecule has 0 aliphatic heterocycles. The van der Waals surface area contributed by atoms with Crippen molar-refractivity contribution in [1.29, 1.82) is 0 Å². The van der Waals surface area contributed by atoms with E-state index in [1.807, 2.05) is 13.8 Å². The van der Waals surface area contributed by atoms with Crippen LogP contribution >= 0.6 is 0 Å². The molecule has 17 heavy (non-hydrogen) atoms. The summed E-state index contributed by atoms with van der Waals surface area (Å²) in [6, 6.07) is 4.14. The van der Waals surface area contributed by atoms with Crippen molar-refractivity contribution in [3.8, 4) is 5.75 Å². The summed E-state index contributed by atoms with van der Waals surface area (Å²) in [6.07, 6.45) is 1.55. The second-order valence-corrected chi connectivity index (χ2v) is 4.00. The van der Waals surface area contributed by atoms with Gasteiger partial charge < -0.3 is 9.84 Å². The molecule has 0 unspecified atom stereocenters. The summed E-state index contributed by atoms with van der Waals surface area (Å²) in [7, 11) is 0. The smallest absolute Gasteiger partial charge is 0.165 e. The fourth-order valence-corrected chi connectivity index (χ4v) is 1.43. The maximum atomic E-state index is 13.5. The van der Waals surface area contributed by atoms with Crippen LogP contribution < -0.4 is 4.74 Å². The predicted molar refractivity (Wildman–Crippen MR) is 62.8 cm³/mol. The molecule has 0 aromatic heterocycles. The van der Waals surface area contributed by atoms with Crippen LogP contribution in [0.15, 0.2) is 18.2 Å². The Balaban J connectivity index is 2.85. The van der Waals surface area contributed by atoms with Crippen molar-refractivity contribution in [3.63, 3.8) is 0 Å². The molecule has 3 nitrogen and oxygen atoms in total. The first-order valence-electron chi connectivity index (χ1n) is 5.65. The first-order valence-corrected chi connectivity index (χ1v) is 5.65. The van der Waals surface area contributed by atoms with Gasteiger partial charge in [-0.25, -0.2) is 4.39 Å². The predicted octanol–water partition coefficient (Wildman–Crippen LogP) is 2.57. The topological polar surface area (TPSA) is 46.5 Å². The molecule has 0 bridgehead atoms. The lowest BCUT2D eigenvalue weighted by Crippen LogP contribution is -2.34. The van der Waals surface area contributed by atoms with Gasteiger partial charge in [-0.3, -0.25) is 4.79 Å². The molecule has 0 saturated heterocycles. The third-order valence-corrected chi connectivity index (χ3v) is 2.93. The lowest BCUT2D eigenvalue weighted by molar-refractivity contribution is -0.0124. The molecule has 0 spiro atoms. The second-order valence-electron chi connectivity index (χ2n) is 4.00. The fourth-order valence-electron chi connectivity index (χ4n) is 1.43. The van der Waals surface area contributed by atoms with Crippen LogP contribution in [-0.4, -0.2) is 23.6 Å². The minimum atomic E-state index is -0.984. The molecule has 0 atom stereocenters. The van der Waals surface area contributed by atoms with Crippen molar-refractivity contribution in [2.75, 3.05) is 6.61 Å². The van der Waals surface area contributed by atoms with Gasteiger partial charge in [0.1, 0.15) is 6.61 Å². The zero-order chi connectivity index (χ0) is 12.9. The van der Waals surface area contributed by atoms with Crippen molar-refractivity contribution in [2.45, 2.75) is 32.3 Å². The largest absolute Gasteiger partial charge is 0.487 e. The van der Waals surface area contributed by atoms with Crippen molar-refractivity contribution in [3.05, 3.63) is 29.6 Å².